The van der Waals surface area contributed by atoms with E-state index in [9.17, 15) is 29.0 Å². The molecule has 2 aliphatic rings. The molecule has 1 heterocycles. The van der Waals surface area contributed by atoms with Crippen molar-refractivity contribution in [3.05, 3.63) is 11.6 Å². The third kappa shape index (κ3) is 2.59. The van der Waals surface area contributed by atoms with Crippen LogP contribution < -0.4 is 0 Å². The highest BCUT2D eigenvalue weighted by Crippen LogP contribution is 2.38. The van der Waals surface area contributed by atoms with Crippen molar-refractivity contribution < 1.29 is 38.8 Å². The van der Waals surface area contributed by atoms with E-state index in [2.05, 4.69) is 15.9 Å². The first-order valence-electron chi connectivity index (χ1n) is 6.01. The van der Waals surface area contributed by atoms with Gasteiger partial charge in [0, 0.05) is 5.57 Å². The molecule has 3 N–H and O–H groups in total. The molecule has 0 radical (unpaired) electrons. The number of hydrogen-bond acceptors (Lipinski definition) is 7. The second kappa shape index (κ2) is 5.65. The van der Waals surface area contributed by atoms with Crippen LogP contribution in [0.2, 0.25) is 0 Å². The summed E-state index contributed by atoms with van der Waals surface area (Å²) in [6.45, 7) is -0.686. The first-order valence-corrected chi connectivity index (χ1v) is 6.93. The Bertz CT molecular complexity index is 534. The molecule has 2 rings (SSSR count). The predicted octanol–water partition coefficient (Wildman–Crippen LogP) is -1.43. The lowest BCUT2D eigenvalue weighted by atomic mass is 9.88. The van der Waals surface area contributed by atoms with Gasteiger partial charge >= 0.3 is 0 Å². The minimum absolute atomic E-state index is 0.647. The molecule has 0 aromatic rings. The highest BCUT2D eigenvalue weighted by Gasteiger charge is 2.59. The van der Waals surface area contributed by atoms with Gasteiger partial charge in [-0.1, -0.05) is 15.9 Å². The van der Waals surface area contributed by atoms with E-state index in [0.717, 1.165) is 0 Å². The molecular formula is C12H12BrFO7. The molecule has 0 aromatic carbocycles. The molecule has 7 nitrogen and oxygen atoms in total. The van der Waals surface area contributed by atoms with Gasteiger partial charge in [0.2, 0.25) is 11.6 Å². The fourth-order valence-corrected chi connectivity index (χ4v) is 2.89. The SMILES string of the molecule is O=C1C=C(C(=O)[C@]2(O)O[C@H](CO)[C@@H](O)[C@@H]2Br)C(F)C(=O)C1. The molecule has 1 fully saturated rings. The second-order valence-electron chi connectivity index (χ2n) is 4.83. The van der Waals surface area contributed by atoms with Crippen molar-refractivity contribution in [2.45, 2.75) is 35.4 Å². The van der Waals surface area contributed by atoms with E-state index >= 15 is 0 Å². The Labute approximate surface area is 126 Å². The molecule has 0 saturated carbocycles. The van der Waals surface area contributed by atoms with Gasteiger partial charge < -0.3 is 20.1 Å². The number of Topliss-reactive ketones (excluding diaryl/α,β-unsaturated/α-hetero) is 2. The van der Waals surface area contributed by atoms with Crippen LogP contribution in [-0.4, -0.2) is 68.3 Å². The van der Waals surface area contributed by atoms with Crippen LogP contribution in [0.25, 0.3) is 0 Å². The Morgan fingerprint density at radius 3 is 2.67 bits per heavy atom. The largest absolute Gasteiger partial charge is 0.394 e. The number of allylic oxidation sites excluding steroid dienone is 1. The van der Waals surface area contributed by atoms with Crippen LogP contribution in [0, 0.1) is 0 Å². The average Bonchev–Trinajstić information content (AvgIpc) is 2.67. The zero-order valence-corrected chi connectivity index (χ0v) is 12.1. The second-order valence-corrected chi connectivity index (χ2v) is 5.81. The smallest absolute Gasteiger partial charge is 0.247 e. The molecule has 21 heavy (non-hydrogen) atoms. The van der Waals surface area contributed by atoms with Crippen LogP contribution in [0.3, 0.4) is 0 Å². The molecule has 1 saturated heterocycles. The van der Waals surface area contributed by atoms with Crippen molar-refractivity contribution in [3.63, 3.8) is 0 Å². The van der Waals surface area contributed by atoms with Gasteiger partial charge in [0.15, 0.2) is 17.7 Å². The Morgan fingerprint density at radius 2 is 2.14 bits per heavy atom. The summed E-state index contributed by atoms with van der Waals surface area (Å²) in [6, 6.07) is 0. The molecule has 9 heteroatoms. The number of carbonyl (C=O) groups excluding carboxylic acids is 3. The number of aliphatic hydroxyl groups is 3. The molecular weight excluding hydrogens is 355 g/mol. The molecule has 0 amide bonds. The van der Waals surface area contributed by atoms with E-state index in [1.807, 2.05) is 0 Å². The van der Waals surface area contributed by atoms with E-state index < -0.39 is 64.9 Å². The standard InChI is InChI=1S/C12H12BrFO7/c13-10-9(18)7(3-15)21-12(10,20)11(19)5-1-4(16)2-6(17)8(5)14/h1,7-10,15,18,20H,2-3H2/t7-,8?,9-,10+,12-/m1/s1. The Balaban J connectivity index is 2.35. The van der Waals surface area contributed by atoms with Crippen LogP contribution >= 0.6 is 15.9 Å². The van der Waals surface area contributed by atoms with E-state index in [1.165, 1.54) is 0 Å². The van der Waals surface area contributed by atoms with Gasteiger partial charge in [-0.05, 0) is 6.08 Å². The van der Waals surface area contributed by atoms with Gasteiger partial charge in [0.25, 0.3) is 0 Å². The number of carbonyl (C=O) groups is 3. The third-order valence-corrected chi connectivity index (χ3v) is 4.54. The van der Waals surface area contributed by atoms with E-state index in [0.29, 0.717) is 6.08 Å². The molecule has 1 aliphatic carbocycles. The number of ether oxygens (including phenoxy) is 1. The zero-order chi connectivity index (χ0) is 15.9. The summed E-state index contributed by atoms with van der Waals surface area (Å²) in [4.78, 5) is 33.5. The first kappa shape index (κ1) is 16.4. The number of ketones is 3. The predicted molar refractivity (Wildman–Crippen MR) is 68.2 cm³/mol. The summed E-state index contributed by atoms with van der Waals surface area (Å²) < 4.78 is 18.7. The minimum atomic E-state index is -2.68. The summed E-state index contributed by atoms with van der Waals surface area (Å²) in [5, 5.41) is 28.9. The van der Waals surface area contributed by atoms with Gasteiger partial charge in [-0.15, -0.1) is 0 Å². The number of halogens is 2. The van der Waals surface area contributed by atoms with Crippen molar-refractivity contribution >= 4 is 33.3 Å². The van der Waals surface area contributed by atoms with Gasteiger partial charge in [-0.3, -0.25) is 14.4 Å². The van der Waals surface area contributed by atoms with Gasteiger partial charge in [0.05, 0.1) is 13.0 Å². The molecule has 5 atom stereocenters. The number of aliphatic hydroxyl groups excluding tert-OH is 2. The van der Waals surface area contributed by atoms with Crippen molar-refractivity contribution in [3.8, 4) is 0 Å². The fourth-order valence-electron chi connectivity index (χ4n) is 2.23. The molecule has 1 unspecified atom stereocenters. The Kier molecular flexibility index (Phi) is 4.41. The summed E-state index contributed by atoms with van der Waals surface area (Å²) in [5.74, 6) is -5.86. The maximum absolute atomic E-state index is 13.8. The van der Waals surface area contributed by atoms with Crippen molar-refractivity contribution in [1.29, 1.82) is 0 Å². The summed E-state index contributed by atoms with van der Waals surface area (Å²) in [5.41, 5.74) is -0.825. The van der Waals surface area contributed by atoms with E-state index in [1.54, 1.807) is 0 Å². The van der Waals surface area contributed by atoms with Crippen LogP contribution in [0.1, 0.15) is 6.42 Å². The first-order chi connectivity index (χ1) is 9.72. The molecule has 116 valence electrons. The maximum atomic E-state index is 13.8. The molecule has 0 aromatic heterocycles. The molecule has 0 spiro atoms. The summed E-state index contributed by atoms with van der Waals surface area (Å²) in [6.07, 6.45) is -5.05. The normalized spacial score (nSPS) is 40.3. The van der Waals surface area contributed by atoms with Gasteiger partial charge in [-0.2, -0.15) is 0 Å². The van der Waals surface area contributed by atoms with Gasteiger partial charge in [0.1, 0.15) is 17.0 Å². The number of hydrogen-bond donors (Lipinski definition) is 3. The molecule has 1 aliphatic heterocycles. The quantitative estimate of drug-likeness (QED) is 0.413. The summed E-state index contributed by atoms with van der Waals surface area (Å²) >= 11 is 2.85. The van der Waals surface area contributed by atoms with E-state index in [4.69, 9.17) is 9.84 Å². The minimum Gasteiger partial charge on any atom is -0.394 e. The van der Waals surface area contributed by atoms with Crippen LogP contribution in [-0.2, 0) is 19.1 Å². The van der Waals surface area contributed by atoms with Crippen LogP contribution in [0.15, 0.2) is 11.6 Å². The van der Waals surface area contributed by atoms with Crippen LogP contribution in [0.4, 0.5) is 4.39 Å². The Hall–Kier alpha value is -1.00. The van der Waals surface area contributed by atoms with Crippen molar-refractivity contribution in [2.24, 2.45) is 0 Å². The third-order valence-electron chi connectivity index (χ3n) is 3.37. The lowest BCUT2D eigenvalue weighted by Gasteiger charge is -2.27. The molecule has 0 bridgehead atoms. The zero-order valence-electron chi connectivity index (χ0n) is 10.5. The van der Waals surface area contributed by atoms with E-state index in [-0.39, 0.29) is 0 Å². The van der Waals surface area contributed by atoms with Crippen molar-refractivity contribution in [1.82, 2.24) is 0 Å². The summed E-state index contributed by atoms with van der Waals surface area (Å²) in [7, 11) is 0. The average molecular weight is 367 g/mol. The highest BCUT2D eigenvalue weighted by molar-refractivity contribution is 9.09. The van der Waals surface area contributed by atoms with Gasteiger partial charge in [-0.25, -0.2) is 4.39 Å². The maximum Gasteiger partial charge on any atom is 0.247 e. The Morgan fingerprint density at radius 1 is 1.52 bits per heavy atom. The highest BCUT2D eigenvalue weighted by atomic mass is 79.9. The lowest BCUT2D eigenvalue weighted by Crippen LogP contribution is -2.50. The lowest BCUT2D eigenvalue weighted by molar-refractivity contribution is -0.197. The number of alkyl halides is 2. The number of rotatable bonds is 3. The monoisotopic (exact) mass is 366 g/mol. The van der Waals surface area contributed by atoms with Crippen LogP contribution in [0.5, 0.6) is 0 Å². The fraction of sp³-hybridized carbons (Fsp3) is 0.583. The van der Waals surface area contributed by atoms with Crippen molar-refractivity contribution in [2.75, 3.05) is 6.61 Å². The topological polar surface area (TPSA) is 121 Å².